The number of aromatic nitrogens is 2. The third kappa shape index (κ3) is 2.08. The number of likely N-dealkylation sites (N-methyl/N-ethyl adjacent to an activating group) is 1. The summed E-state index contributed by atoms with van der Waals surface area (Å²) in [4.78, 5) is 6.61. The molecular weight excluding hydrogens is 268 g/mol. The van der Waals surface area contributed by atoms with E-state index in [4.69, 9.17) is 12.2 Å². The molecule has 20 heavy (non-hydrogen) atoms. The molecule has 2 aromatic heterocycles. The molecule has 0 radical (unpaired) electrons. The first-order chi connectivity index (χ1) is 9.72. The van der Waals surface area contributed by atoms with Crippen molar-refractivity contribution in [1.29, 1.82) is 0 Å². The van der Waals surface area contributed by atoms with E-state index in [0.717, 1.165) is 17.4 Å². The fourth-order valence-electron chi connectivity index (χ4n) is 2.81. The molecule has 2 aromatic rings. The summed E-state index contributed by atoms with van der Waals surface area (Å²) in [6, 6.07) is 10.5. The average molecular weight is 286 g/mol. The van der Waals surface area contributed by atoms with Crippen LogP contribution in [0.2, 0.25) is 0 Å². The lowest BCUT2D eigenvalue weighted by Crippen LogP contribution is -2.26. The molecule has 1 fully saturated rings. The number of aryl methyl sites for hydroxylation is 1. The van der Waals surface area contributed by atoms with Gasteiger partial charge in [0.2, 0.25) is 0 Å². The van der Waals surface area contributed by atoms with Crippen LogP contribution in [0.4, 0.5) is 0 Å². The van der Waals surface area contributed by atoms with Gasteiger partial charge in [-0.05, 0) is 43.4 Å². The standard InChI is InChI=1S/C15H18N4S/c1-3-19-10-6-8-12(19)14-13(17-15(20)18(14)2)11-7-4-5-9-16-11/h4-10,13-14H,3H2,1-2H3,(H,17,20)/t13-,14-/m1/s1. The van der Waals surface area contributed by atoms with Crippen LogP contribution >= 0.6 is 12.2 Å². The summed E-state index contributed by atoms with van der Waals surface area (Å²) in [7, 11) is 2.04. The smallest absolute Gasteiger partial charge is 0.169 e. The minimum atomic E-state index is 0.0916. The van der Waals surface area contributed by atoms with Gasteiger partial charge in [-0.25, -0.2) is 0 Å². The number of nitrogens with one attached hydrogen (secondary N) is 1. The number of rotatable bonds is 3. The van der Waals surface area contributed by atoms with Crippen LogP contribution in [-0.2, 0) is 6.54 Å². The summed E-state index contributed by atoms with van der Waals surface area (Å²) in [5.41, 5.74) is 2.28. The van der Waals surface area contributed by atoms with Crippen molar-refractivity contribution in [3.8, 4) is 0 Å². The number of thiocarbonyl (C=S) groups is 1. The van der Waals surface area contributed by atoms with E-state index >= 15 is 0 Å². The third-order valence-corrected chi connectivity index (χ3v) is 4.25. The molecule has 0 unspecified atom stereocenters. The first-order valence-electron chi connectivity index (χ1n) is 6.81. The highest BCUT2D eigenvalue weighted by molar-refractivity contribution is 7.80. The number of hydrogen-bond donors (Lipinski definition) is 1. The maximum atomic E-state index is 5.43. The van der Waals surface area contributed by atoms with Gasteiger partial charge in [-0.2, -0.15) is 0 Å². The number of pyridine rings is 1. The Balaban J connectivity index is 2.03. The van der Waals surface area contributed by atoms with E-state index in [1.807, 2.05) is 31.4 Å². The average Bonchev–Trinajstić information content (AvgIpc) is 3.05. The van der Waals surface area contributed by atoms with Gasteiger partial charge in [-0.15, -0.1) is 0 Å². The van der Waals surface area contributed by atoms with E-state index in [0.29, 0.717) is 0 Å². The number of hydrogen-bond acceptors (Lipinski definition) is 2. The van der Waals surface area contributed by atoms with Crippen LogP contribution in [0.15, 0.2) is 42.7 Å². The van der Waals surface area contributed by atoms with Crippen LogP contribution in [0.3, 0.4) is 0 Å². The molecule has 1 N–H and O–H groups in total. The molecule has 5 heteroatoms. The molecule has 0 amide bonds. The van der Waals surface area contributed by atoms with Crippen molar-refractivity contribution in [2.45, 2.75) is 25.6 Å². The van der Waals surface area contributed by atoms with E-state index in [1.54, 1.807) is 0 Å². The van der Waals surface area contributed by atoms with Crippen LogP contribution in [0, 0.1) is 0 Å². The van der Waals surface area contributed by atoms with Gasteiger partial charge in [0, 0.05) is 31.7 Å². The van der Waals surface area contributed by atoms with Gasteiger partial charge < -0.3 is 14.8 Å². The highest BCUT2D eigenvalue weighted by atomic mass is 32.1. The molecule has 1 saturated heterocycles. The summed E-state index contributed by atoms with van der Waals surface area (Å²) in [6.07, 6.45) is 3.94. The molecule has 3 heterocycles. The quantitative estimate of drug-likeness (QED) is 0.879. The van der Waals surface area contributed by atoms with E-state index in [9.17, 15) is 0 Å². The molecule has 4 nitrogen and oxygen atoms in total. The van der Waals surface area contributed by atoms with E-state index in [1.165, 1.54) is 5.69 Å². The normalized spacial score (nSPS) is 22.1. The van der Waals surface area contributed by atoms with Gasteiger partial charge >= 0.3 is 0 Å². The minimum absolute atomic E-state index is 0.0916. The second kappa shape index (κ2) is 5.25. The monoisotopic (exact) mass is 286 g/mol. The van der Waals surface area contributed by atoms with Gasteiger partial charge in [-0.1, -0.05) is 6.07 Å². The lowest BCUT2D eigenvalue weighted by Gasteiger charge is -2.25. The van der Waals surface area contributed by atoms with Crippen molar-refractivity contribution in [3.05, 3.63) is 54.1 Å². The van der Waals surface area contributed by atoms with Crippen molar-refractivity contribution in [2.75, 3.05) is 7.05 Å². The number of nitrogens with zero attached hydrogens (tertiary/aromatic N) is 3. The molecule has 1 aliphatic heterocycles. The van der Waals surface area contributed by atoms with Gasteiger partial charge in [-0.3, -0.25) is 4.98 Å². The highest BCUT2D eigenvalue weighted by Crippen LogP contribution is 2.37. The van der Waals surface area contributed by atoms with Gasteiger partial charge in [0.25, 0.3) is 0 Å². The fourth-order valence-corrected chi connectivity index (χ4v) is 3.05. The van der Waals surface area contributed by atoms with E-state index < -0.39 is 0 Å². The first kappa shape index (κ1) is 13.1. The summed E-state index contributed by atoms with van der Waals surface area (Å²) in [6.45, 7) is 3.11. The zero-order valence-corrected chi connectivity index (χ0v) is 12.5. The largest absolute Gasteiger partial charge is 0.352 e. The maximum absolute atomic E-state index is 5.43. The predicted octanol–water partition coefficient (Wildman–Crippen LogP) is 2.51. The Bertz CT molecular complexity index is 607. The van der Waals surface area contributed by atoms with Crippen LogP contribution < -0.4 is 5.32 Å². The maximum Gasteiger partial charge on any atom is 0.169 e. The molecule has 104 valence electrons. The van der Waals surface area contributed by atoms with Gasteiger partial charge in [0.1, 0.15) is 0 Å². The predicted molar refractivity (Wildman–Crippen MR) is 83.3 cm³/mol. The second-order valence-corrected chi connectivity index (χ2v) is 5.34. The first-order valence-corrected chi connectivity index (χ1v) is 7.22. The van der Waals surface area contributed by atoms with Crippen molar-refractivity contribution in [1.82, 2.24) is 19.8 Å². The Labute approximate surface area is 124 Å². The van der Waals surface area contributed by atoms with Crippen molar-refractivity contribution < 1.29 is 0 Å². The molecule has 1 aliphatic rings. The minimum Gasteiger partial charge on any atom is -0.352 e. The molecule has 3 rings (SSSR count). The van der Waals surface area contributed by atoms with Crippen LogP contribution in [-0.4, -0.2) is 26.6 Å². The SMILES string of the molecule is CCn1cccc1[C@@H]1[C@@H](c2ccccn2)NC(=S)N1C. The van der Waals surface area contributed by atoms with Gasteiger partial charge in [0.05, 0.1) is 17.8 Å². The summed E-state index contributed by atoms with van der Waals surface area (Å²) in [5.74, 6) is 0. The van der Waals surface area contributed by atoms with Crippen LogP contribution in [0.5, 0.6) is 0 Å². The summed E-state index contributed by atoms with van der Waals surface area (Å²) < 4.78 is 2.26. The molecule has 0 spiro atoms. The van der Waals surface area contributed by atoms with Gasteiger partial charge in [0.15, 0.2) is 5.11 Å². The van der Waals surface area contributed by atoms with Crippen molar-refractivity contribution in [3.63, 3.8) is 0 Å². The van der Waals surface area contributed by atoms with Crippen molar-refractivity contribution in [2.24, 2.45) is 0 Å². The molecule has 0 aromatic carbocycles. The third-order valence-electron chi connectivity index (χ3n) is 3.85. The van der Waals surface area contributed by atoms with Crippen LogP contribution in [0.1, 0.15) is 30.4 Å². The van der Waals surface area contributed by atoms with Crippen molar-refractivity contribution >= 4 is 17.3 Å². The molecule has 2 atom stereocenters. The van der Waals surface area contributed by atoms with Crippen LogP contribution in [0.25, 0.3) is 0 Å². The Morgan fingerprint density at radius 1 is 1.30 bits per heavy atom. The molecule has 0 aliphatic carbocycles. The molecule has 0 bridgehead atoms. The lowest BCUT2D eigenvalue weighted by molar-refractivity contribution is 0.350. The lowest BCUT2D eigenvalue weighted by atomic mass is 10.0. The zero-order valence-electron chi connectivity index (χ0n) is 11.7. The second-order valence-electron chi connectivity index (χ2n) is 4.96. The van der Waals surface area contributed by atoms with E-state index in [-0.39, 0.29) is 12.1 Å². The molecular formula is C15H18N4S. The fraction of sp³-hybridized carbons (Fsp3) is 0.333. The molecule has 0 saturated carbocycles. The Kier molecular flexibility index (Phi) is 3.44. The zero-order chi connectivity index (χ0) is 14.1. The Hall–Kier alpha value is -1.88. The Morgan fingerprint density at radius 2 is 2.15 bits per heavy atom. The summed E-state index contributed by atoms with van der Waals surface area (Å²) >= 11 is 5.43. The van der Waals surface area contributed by atoms with E-state index in [2.05, 4.69) is 45.0 Å². The topological polar surface area (TPSA) is 33.1 Å². The highest BCUT2D eigenvalue weighted by Gasteiger charge is 2.38. The summed E-state index contributed by atoms with van der Waals surface area (Å²) in [5, 5.41) is 4.16. The Morgan fingerprint density at radius 3 is 2.85 bits per heavy atom.